The van der Waals surface area contributed by atoms with Crippen molar-refractivity contribution in [2.75, 3.05) is 13.1 Å². The molecule has 0 aliphatic carbocycles. The fourth-order valence-corrected chi connectivity index (χ4v) is 3.37. The summed E-state index contributed by atoms with van der Waals surface area (Å²) in [6.45, 7) is 4.92. The van der Waals surface area contributed by atoms with E-state index in [2.05, 4.69) is 4.98 Å². The molecule has 0 radical (unpaired) electrons. The zero-order valence-electron chi connectivity index (χ0n) is 11.2. The smallest absolute Gasteiger partial charge is 0.244 e. The molecule has 5 nitrogen and oxygen atoms in total. The average Bonchev–Trinajstić information content (AvgIpc) is 2.38. The lowest BCUT2D eigenvalue weighted by molar-refractivity contribution is 0.410. The topological polar surface area (TPSA) is 76.3 Å². The molecule has 0 bridgehead atoms. The Morgan fingerprint density at radius 2 is 1.89 bits per heavy atom. The third-order valence-electron chi connectivity index (χ3n) is 2.57. The molecule has 7 heteroatoms. The Morgan fingerprint density at radius 1 is 1.32 bits per heavy atom. The minimum atomic E-state index is -3.48. The lowest BCUT2D eigenvalue weighted by Crippen LogP contribution is -2.32. The van der Waals surface area contributed by atoms with Gasteiger partial charge in [0.05, 0.1) is 5.69 Å². The molecule has 0 amide bonds. The number of hydrogen-bond donors (Lipinski definition) is 1. The monoisotopic (exact) mass is 301 g/mol. The fraction of sp³-hybridized carbons (Fsp3) is 0.500. The van der Waals surface area contributed by atoms with Crippen LogP contribution >= 0.6 is 12.2 Å². The summed E-state index contributed by atoms with van der Waals surface area (Å²) in [4.78, 5) is 4.31. The summed E-state index contributed by atoms with van der Waals surface area (Å²) in [5, 5.41) is 0. The van der Waals surface area contributed by atoms with Gasteiger partial charge in [0, 0.05) is 19.3 Å². The number of aromatic nitrogens is 1. The van der Waals surface area contributed by atoms with Crippen LogP contribution < -0.4 is 5.73 Å². The van der Waals surface area contributed by atoms with Crippen molar-refractivity contribution < 1.29 is 8.42 Å². The minimum absolute atomic E-state index is 0.155. The third-order valence-corrected chi connectivity index (χ3v) is 4.66. The van der Waals surface area contributed by atoms with Crippen LogP contribution in [-0.2, 0) is 10.0 Å². The van der Waals surface area contributed by atoms with Crippen molar-refractivity contribution in [3.63, 3.8) is 0 Å². The Balaban J connectivity index is 3.07. The van der Waals surface area contributed by atoms with E-state index in [9.17, 15) is 8.42 Å². The van der Waals surface area contributed by atoms with E-state index >= 15 is 0 Å². The van der Waals surface area contributed by atoms with E-state index in [-0.39, 0.29) is 9.88 Å². The first-order valence-corrected chi connectivity index (χ1v) is 8.04. The standard InChI is InChI=1S/C12H19N3O2S2/c1-3-7-15(8-4-2)19(16,17)10-5-6-11(12(13)18)14-9-10/h5-6,9H,3-4,7-8H2,1-2H3,(H2,13,18). The van der Waals surface area contributed by atoms with Gasteiger partial charge in [-0.25, -0.2) is 8.42 Å². The first kappa shape index (κ1) is 16.0. The van der Waals surface area contributed by atoms with E-state index in [1.165, 1.54) is 22.6 Å². The van der Waals surface area contributed by atoms with Crippen LogP contribution in [0.1, 0.15) is 32.4 Å². The molecule has 1 heterocycles. The van der Waals surface area contributed by atoms with Gasteiger partial charge in [0.15, 0.2) is 0 Å². The van der Waals surface area contributed by atoms with Crippen LogP contribution in [-0.4, -0.2) is 35.8 Å². The van der Waals surface area contributed by atoms with E-state index in [1.807, 2.05) is 13.8 Å². The van der Waals surface area contributed by atoms with Crippen molar-refractivity contribution >= 4 is 27.2 Å². The van der Waals surface area contributed by atoms with Gasteiger partial charge >= 0.3 is 0 Å². The number of hydrogen-bond acceptors (Lipinski definition) is 4. The lowest BCUT2D eigenvalue weighted by Gasteiger charge is -2.20. The Bertz CT molecular complexity index is 520. The average molecular weight is 301 g/mol. The van der Waals surface area contributed by atoms with E-state index in [0.29, 0.717) is 18.8 Å². The molecule has 0 fully saturated rings. The molecule has 0 saturated heterocycles. The van der Waals surface area contributed by atoms with Crippen LogP contribution in [0.25, 0.3) is 0 Å². The molecule has 0 atom stereocenters. The summed E-state index contributed by atoms with van der Waals surface area (Å²) >= 11 is 4.79. The number of nitrogens with two attached hydrogens (primary N) is 1. The van der Waals surface area contributed by atoms with E-state index in [1.54, 1.807) is 0 Å². The van der Waals surface area contributed by atoms with Crippen LogP contribution in [0.3, 0.4) is 0 Å². The quantitative estimate of drug-likeness (QED) is 0.773. The van der Waals surface area contributed by atoms with Crippen molar-refractivity contribution in [1.82, 2.24) is 9.29 Å². The molecular formula is C12H19N3O2S2. The molecule has 0 aliphatic rings. The maximum atomic E-state index is 12.4. The number of rotatable bonds is 7. The van der Waals surface area contributed by atoms with Gasteiger partial charge in [-0.15, -0.1) is 0 Å². The third kappa shape index (κ3) is 3.95. The predicted octanol–water partition coefficient (Wildman–Crippen LogP) is 1.53. The van der Waals surface area contributed by atoms with E-state index in [4.69, 9.17) is 18.0 Å². The zero-order chi connectivity index (χ0) is 14.5. The van der Waals surface area contributed by atoms with Gasteiger partial charge < -0.3 is 5.73 Å². The summed E-state index contributed by atoms with van der Waals surface area (Å²) in [5.74, 6) is 0. The van der Waals surface area contributed by atoms with Gasteiger partial charge in [-0.1, -0.05) is 26.1 Å². The van der Waals surface area contributed by atoms with Crippen molar-refractivity contribution in [2.24, 2.45) is 5.73 Å². The highest BCUT2D eigenvalue weighted by Crippen LogP contribution is 2.15. The van der Waals surface area contributed by atoms with Gasteiger partial charge in [-0.3, -0.25) is 4.98 Å². The molecule has 2 N–H and O–H groups in total. The van der Waals surface area contributed by atoms with E-state index in [0.717, 1.165) is 12.8 Å². The van der Waals surface area contributed by atoms with Crippen LogP contribution in [0.2, 0.25) is 0 Å². The molecule has 0 unspecified atom stereocenters. The summed E-state index contributed by atoms with van der Waals surface area (Å²) < 4.78 is 26.3. The van der Waals surface area contributed by atoms with Crippen LogP contribution in [0.4, 0.5) is 0 Å². The second-order valence-electron chi connectivity index (χ2n) is 4.15. The van der Waals surface area contributed by atoms with Gasteiger partial charge in [0.1, 0.15) is 9.88 Å². The molecule has 0 saturated carbocycles. The highest BCUT2D eigenvalue weighted by atomic mass is 32.2. The lowest BCUT2D eigenvalue weighted by atomic mass is 10.3. The molecule has 1 rings (SSSR count). The molecule has 19 heavy (non-hydrogen) atoms. The number of thiocarbonyl (C=S) groups is 1. The zero-order valence-corrected chi connectivity index (χ0v) is 12.8. The molecule has 0 aromatic carbocycles. The van der Waals surface area contributed by atoms with Gasteiger partial charge in [-0.2, -0.15) is 4.31 Å². The molecule has 106 valence electrons. The van der Waals surface area contributed by atoms with Crippen LogP contribution in [0, 0.1) is 0 Å². The SMILES string of the molecule is CCCN(CCC)S(=O)(=O)c1ccc(C(N)=S)nc1. The van der Waals surface area contributed by atoms with Crippen molar-refractivity contribution in [2.45, 2.75) is 31.6 Å². The highest BCUT2D eigenvalue weighted by molar-refractivity contribution is 7.89. The maximum Gasteiger partial charge on any atom is 0.244 e. The van der Waals surface area contributed by atoms with Crippen LogP contribution in [0.5, 0.6) is 0 Å². The van der Waals surface area contributed by atoms with E-state index < -0.39 is 10.0 Å². The minimum Gasteiger partial charge on any atom is -0.388 e. The molecule has 0 spiro atoms. The Morgan fingerprint density at radius 3 is 2.26 bits per heavy atom. The molecule has 0 aliphatic heterocycles. The van der Waals surface area contributed by atoms with Gasteiger partial charge in [-0.05, 0) is 25.0 Å². The van der Waals surface area contributed by atoms with Gasteiger partial charge in [0.25, 0.3) is 0 Å². The second-order valence-corrected chi connectivity index (χ2v) is 6.53. The van der Waals surface area contributed by atoms with Crippen molar-refractivity contribution in [3.05, 3.63) is 24.0 Å². The predicted molar refractivity (Wildman–Crippen MR) is 79.5 cm³/mol. The molecule has 1 aromatic heterocycles. The van der Waals surface area contributed by atoms with Crippen molar-refractivity contribution in [1.29, 1.82) is 0 Å². The highest BCUT2D eigenvalue weighted by Gasteiger charge is 2.23. The Labute approximate surface area is 119 Å². The summed E-state index contributed by atoms with van der Waals surface area (Å²) in [6, 6.07) is 3.03. The normalized spacial score (nSPS) is 11.7. The fourth-order valence-electron chi connectivity index (χ4n) is 1.68. The molecular weight excluding hydrogens is 282 g/mol. The Kier molecular flexibility index (Phi) is 5.84. The van der Waals surface area contributed by atoms with Crippen molar-refractivity contribution in [3.8, 4) is 0 Å². The number of pyridine rings is 1. The summed E-state index contributed by atoms with van der Waals surface area (Å²) in [6.07, 6.45) is 2.86. The van der Waals surface area contributed by atoms with Gasteiger partial charge in [0.2, 0.25) is 10.0 Å². The first-order chi connectivity index (χ1) is 8.93. The largest absolute Gasteiger partial charge is 0.388 e. The maximum absolute atomic E-state index is 12.4. The first-order valence-electron chi connectivity index (χ1n) is 6.19. The number of sulfonamides is 1. The second kappa shape index (κ2) is 6.93. The summed E-state index contributed by atoms with van der Waals surface area (Å²) in [7, 11) is -3.48. The molecule has 1 aromatic rings. The Hall–Kier alpha value is -1.05. The number of nitrogens with zero attached hydrogens (tertiary/aromatic N) is 2. The van der Waals surface area contributed by atoms with Crippen LogP contribution in [0.15, 0.2) is 23.2 Å². The summed E-state index contributed by atoms with van der Waals surface area (Å²) in [5.41, 5.74) is 5.86.